The van der Waals surface area contributed by atoms with Crippen LogP contribution in [-0.4, -0.2) is 27.3 Å². The topological polar surface area (TPSA) is 105 Å². The maximum Gasteiger partial charge on any atom is 0.292 e. The molecule has 0 atom stereocenters. The van der Waals surface area contributed by atoms with Gasteiger partial charge in [-0.15, -0.1) is 0 Å². The number of nitriles is 1. The van der Waals surface area contributed by atoms with Gasteiger partial charge in [-0.3, -0.25) is 20.3 Å². The molecular weight excluding hydrogens is 296 g/mol. The van der Waals surface area contributed by atoms with Crippen LogP contribution in [0.4, 0.5) is 5.82 Å². The smallest absolute Gasteiger partial charge is 0.292 e. The number of amides is 1. The van der Waals surface area contributed by atoms with E-state index < -0.39 is 5.91 Å². The molecule has 118 valence electrons. The number of nitrogens with one attached hydrogen (secondary N) is 2. The number of hydrogen-bond donors (Lipinski definition) is 2. The number of carbonyl (C=O) groups is 1. The minimum absolute atomic E-state index is 0.124. The van der Waals surface area contributed by atoms with Crippen LogP contribution in [-0.2, 0) is 7.05 Å². The molecule has 2 heterocycles. The average Bonchev–Trinajstić information content (AvgIpc) is 2.83. The van der Waals surface area contributed by atoms with Crippen molar-refractivity contribution >= 4 is 11.7 Å². The van der Waals surface area contributed by atoms with E-state index in [0.29, 0.717) is 22.8 Å². The second-order valence-electron chi connectivity index (χ2n) is 4.57. The van der Waals surface area contributed by atoms with E-state index in [0.717, 1.165) is 0 Å². The Bertz CT molecular complexity index is 775. The van der Waals surface area contributed by atoms with Crippen molar-refractivity contribution in [2.75, 3.05) is 12.0 Å². The number of anilines is 1. The molecule has 0 radical (unpaired) electrons. The largest absolute Gasteiger partial charge is 0.487 e. The zero-order valence-corrected chi connectivity index (χ0v) is 12.8. The molecule has 0 aliphatic heterocycles. The molecule has 8 heteroatoms. The molecule has 0 aromatic carbocycles. The Morgan fingerprint density at radius 2 is 2.39 bits per heavy atom. The van der Waals surface area contributed by atoms with E-state index in [9.17, 15) is 4.79 Å². The molecule has 0 fully saturated rings. The summed E-state index contributed by atoms with van der Waals surface area (Å²) in [5.74, 6) is 0.239. The summed E-state index contributed by atoms with van der Waals surface area (Å²) in [7, 11) is 1.67. The Kier molecular flexibility index (Phi) is 4.94. The first-order valence-corrected chi connectivity index (χ1v) is 6.77. The summed E-state index contributed by atoms with van der Waals surface area (Å²) in [4.78, 5) is 16.3. The fourth-order valence-electron chi connectivity index (χ4n) is 1.94. The van der Waals surface area contributed by atoms with Gasteiger partial charge < -0.3 is 4.74 Å². The standard InChI is InChI=1S/C15H16N6O2/c1-4-8-23-12-6-5-7-17-13(12)15(22)19-18-14-11(9-16)10(2)20-21(14)3/h4-7,18H,1,8H2,2-3H3,(H,19,22). The second kappa shape index (κ2) is 7.09. The first kappa shape index (κ1) is 16.0. The van der Waals surface area contributed by atoms with Crippen molar-refractivity contribution in [1.29, 1.82) is 5.26 Å². The number of nitrogens with zero attached hydrogens (tertiary/aromatic N) is 4. The minimum atomic E-state index is -0.493. The lowest BCUT2D eigenvalue weighted by atomic mass is 10.3. The van der Waals surface area contributed by atoms with Gasteiger partial charge in [0.2, 0.25) is 0 Å². The van der Waals surface area contributed by atoms with Crippen molar-refractivity contribution in [1.82, 2.24) is 20.2 Å². The fraction of sp³-hybridized carbons (Fsp3) is 0.200. The quantitative estimate of drug-likeness (QED) is 0.615. The molecule has 1 amide bonds. The second-order valence-corrected chi connectivity index (χ2v) is 4.57. The highest BCUT2D eigenvalue weighted by Crippen LogP contribution is 2.18. The van der Waals surface area contributed by atoms with Gasteiger partial charge in [0, 0.05) is 13.2 Å². The van der Waals surface area contributed by atoms with Crippen LogP contribution in [0.15, 0.2) is 31.0 Å². The number of aromatic nitrogens is 3. The van der Waals surface area contributed by atoms with Gasteiger partial charge in [0.15, 0.2) is 17.3 Å². The van der Waals surface area contributed by atoms with Crippen LogP contribution in [0.25, 0.3) is 0 Å². The highest BCUT2D eigenvalue weighted by molar-refractivity contribution is 5.95. The fourth-order valence-corrected chi connectivity index (χ4v) is 1.94. The van der Waals surface area contributed by atoms with Crippen molar-refractivity contribution in [2.45, 2.75) is 6.92 Å². The van der Waals surface area contributed by atoms with Crippen molar-refractivity contribution in [3.8, 4) is 11.8 Å². The van der Waals surface area contributed by atoms with Crippen molar-refractivity contribution in [3.05, 3.63) is 47.9 Å². The maximum atomic E-state index is 12.3. The summed E-state index contributed by atoms with van der Waals surface area (Å²) in [6, 6.07) is 5.35. The van der Waals surface area contributed by atoms with E-state index in [1.165, 1.54) is 10.9 Å². The summed E-state index contributed by atoms with van der Waals surface area (Å²) in [5.41, 5.74) is 6.24. The van der Waals surface area contributed by atoms with Crippen LogP contribution < -0.4 is 15.6 Å². The molecule has 2 aromatic heterocycles. The number of pyridine rings is 1. The number of carbonyl (C=O) groups excluding carboxylic acids is 1. The molecule has 0 saturated heterocycles. The Morgan fingerprint density at radius 1 is 1.61 bits per heavy atom. The van der Waals surface area contributed by atoms with Gasteiger partial charge in [0.05, 0.1) is 5.69 Å². The predicted molar refractivity (Wildman–Crippen MR) is 83.7 cm³/mol. The lowest BCUT2D eigenvalue weighted by molar-refractivity contribution is 0.0953. The van der Waals surface area contributed by atoms with E-state index in [2.05, 4.69) is 27.5 Å². The Balaban J connectivity index is 2.15. The minimum Gasteiger partial charge on any atom is -0.487 e. The van der Waals surface area contributed by atoms with Crippen LogP contribution in [0, 0.1) is 18.3 Å². The maximum absolute atomic E-state index is 12.3. The molecular formula is C15H16N6O2. The van der Waals surface area contributed by atoms with Crippen LogP contribution in [0.1, 0.15) is 21.7 Å². The third-order valence-corrected chi connectivity index (χ3v) is 2.97. The van der Waals surface area contributed by atoms with Crippen LogP contribution >= 0.6 is 0 Å². The van der Waals surface area contributed by atoms with Crippen molar-refractivity contribution in [2.24, 2.45) is 7.05 Å². The molecule has 0 unspecified atom stereocenters. The molecule has 0 aliphatic rings. The highest BCUT2D eigenvalue weighted by atomic mass is 16.5. The summed E-state index contributed by atoms with van der Waals surface area (Å²) in [6.45, 7) is 5.54. The predicted octanol–water partition coefficient (Wildman–Crippen LogP) is 1.32. The first-order chi connectivity index (χ1) is 11.1. The van der Waals surface area contributed by atoms with E-state index in [-0.39, 0.29) is 12.3 Å². The Morgan fingerprint density at radius 3 is 3.09 bits per heavy atom. The van der Waals surface area contributed by atoms with Gasteiger partial charge >= 0.3 is 0 Å². The molecule has 0 saturated carbocycles. The van der Waals surface area contributed by atoms with Crippen molar-refractivity contribution in [3.63, 3.8) is 0 Å². The molecule has 0 aliphatic carbocycles. The molecule has 2 N–H and O–H groups in total. The van der Waals surface area contributed by atoms with Crippen LogP contribution in [0.2, 0.25) is 0 Å². The van der Waals surface area contributed by atoms with Gasteiger partial charge in [-0.1, -0.05) is 12.7 Å². The zero-order valence-electron chi connectivity index (χ0n) is 12.8. The van der Waals surface area contributed by atoms with E-state index >= 15 is 0 Å². The Labute approximate surface area is 133 Å². The van der Waals surface area contributed by atoms with Gasteiger partial charge in [-0.25, -0.2) is 4.98 Å². The van der Waals surface area contributed by atoms with E-state index in [1.54, 1.807) is 32.2 Å². The lowest BCUT2D eigenvalue weighted by Crippen LogP contribution is -2.31. The number of aryl methyl sites for hydroxylation is 2. The first-order valence-electron chi connectivity index (χ1n) is 6.77. The number of rotatable bonds is 6. The summed E-state index contributed by atoms with van der Waals surface area (Å²) >= 11 is 0. The SMILES string of the molecule is C=CCOc1cccnc1C(=O)NNc1c(C#N)c(C)nn1C. The number of hydrazine groups is 1. The van der Waals surface area contributed by atoms with Gasteiger partial charge in [0.25, 0.3) is 5.91 Å². The normalized spacial score (nSPS) is 9.78. The molecule has 0 bridgehead atoms. The monoisotopic (exact) mass is 312 g/mol. The van der Waals surface area contributed by atoms with Crippen molar-refractivity contribution < 1.29 is 9.53 Å². The van der Waals surface area contributed by atoms with E-state index in [1.807, 2.05) is 6.07 Å². The lowest BCUT2D eigenvalue weighted by Gasteiger charge is -2.11. The van der Waals surface area contributed by atoms with Gasteiger partial charge in [-0.2, -0.15) is 10.4 Å². The molecule has 8 nitrogen and oxygen atoms in total. The molecule has 0 spiro atoms. The summed E-state index contributed by atoms with van der Waals surface area (Å²) in [6.07, 6.45) is 3.06. The third kappa shape index (κ3) is 3.47. The number of ether oxygens (including phenoxy) is 1. The highest BCUT2D eigenvalue weighted by Gasteiger charge is 2.17. The molecule has 2 aromatic rings. The Hall–Kier alpha value is -3.34. The van der Waals surface area contributed by atoms with Gasteiger partial charge in [0.1, 0.15) is 18.2 Å². The summed E-state index contributed by atoms with van der Waals surface area (Å²) in [5, 5.41) is 13.3. The van der Waals surface area contributed by atoms with Gasteiger partial charge in [-0.05, 0) is 19.1 Å². The molecule has 2 rings (SSSR count). The van der Waals surface area contributed by atoms with Crippen LogP contribution in [0.3, 0.4) is 0 Å². The zero-order chi connectivity index (χ0) is 16.8. The van der Waals surface area contributed by atoms with Crippen LogP contribution in [0.5, 0.6) is 5.75 Å². The molecule has 23 heavy (non-hydrogen) atoms. The number of hydrogen-bond acceptors (Lipinski definition) is 6. The third-order valence-electron chi connectivity index (χ3n) is 2.97. The average molecular weight is 312 g/mol. The van der Waals surface area contributed by atoms with E-state index in [4.69, 9.17) is 10.00 Å². The summed E-state index contributed by atoms with van der Waals surface area (Å²) < 4.78 is 6.87.